The third-order valence-electron chi connectivity index (χ3n) is 5.24. The highest BCUT2D eigenvalue weighted by Crippen LogP contribution is 2.32. The molecule has 0 aromatic heterocycles. The Balaban J connectivity index is 2.19. The Labute approximate surface area is 192 Å². The highest BCUT2D eigenvalue weighted by molar-refractivity contribution is 7.32. The molecule has 0 aliphatic rings. The predicted molar refractivity (Wildman–Crippen MR) is 132 cm³/mol. The number of unbranched alkanes of at least 4 members (excludes halogenated alkanes) is 2. The van der Waals surface area contributed by atoms with Crippen molar-refractivity contribution in [3.8, 4) is 11.5 Å². The van der Waals surface area contributed by atoms with Crippen LogP contribution >= 0.6 is 8.25 Å². The van der Waals surface area contributed by atoms with E-state index >= 15 is 0 Å². The van der Waals surface area contributed by atoms with Gasteiger partial charge in [-0.3, -0.25) is 0 Å². The van der Waals surface area contributed by atoms with Gasteiger partial charge < -0.3 is 14.4 Å². The molecule has 32 heavy (non-hydrogen) atoms. The van der Waals surface area contributed by atoms with Crippen LogP contribution in [0.25, 0.3) is 12.2 Å². The van der Waals surface area contributed by atoms with Gasteiger partial charge in [-0.05, 0) is 42.7 Å². The van der Waals surface area contributed by atoms with Crippen molar-refractivity contribution in [2.75, 3.05) is 32.2 Å². The van der Waals surface area contributed by atoms with Crippen molar-refractivity contribution < 1.29 is 23.5 Å². The van der Waals surface area contributed by atoms with Crippen molar-refractivity contribution in [1.82, 2.24) is 0 Å². The molecule has 0 saturated heterocycles. The van der Waals surface area contributed by atoms with E-state index in [0.717, 1.165) is 24.2 Å². The van der Waals surface area contributed by atoms with Gasteiger partial charge in [0.1, 0.15) is 18.1 Å². The van der Waals surface area contributed by atoms with E-state index in [-0.39, 0.29) is 6.61 Å². The van der Waals surface area contributed by atoms with E-state index in [1.165, 1.54) is 31.4 Å². The molecule has 0 aliphatic carbocycles. The quantitative estimate of drug-likeness (QED) is 0.258. The second-order valence-electron chi connectivity index (χ2n) is 7.54. The van der Waals surface area contributed by atoms with Crippen molar-refractivity contribution in [3.63, 3.8) is 0 Å². The van der Waals surface area contributed by atoms with Gasteiger partial charge >= 0.3 is 8.25 Å². The zero-order chi connectivity index (χ0) is 23.3. The molecule has 174 valence electrons. The zero-order valence-electron chi connectivity index (χ0n) is 19.5. The molecule has 0 radical (unpaired) electrons. The van der Waals surface area contributed by atoms with Crippen molar-refractivity contribution in [3.05, 3.63) is 53.1 Å². The number of rotatable bonds is 14. The van der Waals surface area contributed by atoms with Gasteiger partial charge in [0.2, 0.25) is 0 Å². The minimum Gasteiger partial charge on any atom is -0.496 e. The summed E-state index contributed by atoms with van der Waals surface area (Å²) in [6.45, 7) is 6.58. The first-order valence-corrected chi connectivity index (χ1v) is 12.2. The molecule has 7 heteroatoms. The van der Waals surface area contributed by atoms with Crippen LogP contribution in [-0.2, 0) is 15.7 Å². The molecule has 2 rings (SSSR count). The van der Waals surface area contributed by atoms with Crippen molar-refractivity contribution in [1.29, 1.82) is 0 Å². The fraction of sp³-hybridized carbons (Fsp3) is 0.440. The minimum atomic E-state index is -2.68. The SMILES string of the molecule is CCCCN(CCCC)c1ccc(/C=C/c2cc(OC)c(CO[P+](=O)O)cc2OC)cc1. The standard InChI is InChI=1S/C25H34NO5P/c1-5-7-15-26(16-8-6-2)23-13-10-20(11-14-23)9-12-21-17-25(30-4)22(18-24(21)29-3)19-31-32(27)28/h9-14,17-18H,5-8,15-16,19H2,1-4H3/p+1/b12-9+. The summed E-state index contributed by atoms with van der Waals surface area (Å²) in [4.78, 5) is 11.4. The van der Waals surface area contributed by atoms with Crippen LogP contribution in [0.5, 0.6) is 11.5 Å². The summed E-state index contributed by atoms with van der Waals surface area (Å²) in [7, 11) is 0.465. The molecule has 0 spiro atoms. The second kappa shape index (κ2) is 13.9. The number of hydrogen-bond donors (Lipinski definition) is 1. The van der Waals surface area contributed by atoms with E-state index in [1.807, 2.05) is 18.2 Å². The molecule has 0 saturated carbocycles. The molecule has 1 atom stereocenters. The van der Waals surface area contributed by atoms with Crippen LogP contribution in [0.4, 0.5) is 5.69 Å². The zero-order valence-corrected chi connectivity index (χ0v) is 20.4. The van der Waals surface area contributed by atoms with E-state index in [9.17, 15) is 4.57 Å². The highest BCUT2D eigenvalue weighted by atomic mass is 31.1. The first kappa shape index (κ1) is 25.9. The molecule has 0 amide bonds. The van der Waals surface area contributed by atoms with Gasteiger partial charge in [0.05, 0.1) is 14.2 Å². The smallest absolute Gasteiger partial charge is 0.496 e. The van der Waals surface area contributed by atoms with Crippen LogP contribution in [0.2, 0.25) is 0 Å². The number of hydrogen-bond acceptors (Lipinski definition) is 5. The number of nitrogens with zero attached hydrogens (tertiary/aromatic N) is 1. The van der Waals surface area contributed by atoms with Crippen molar-refractivity contribution >= 4 is 26.1 Å². The first-order valence-electron chi connectivity index (χ1n) is 11.1. The Bertz CT molecular complexity index is 875. The molecule has 0 aliphatic heterocycles. The van der Waals surface area contributed by atoms with E-state index in [0.29, 0.717) is 17.1 Å². The Morgan fingerprint density at radius 1 is 0.938 bits per heavy atom. The largest absolute Gasteiger partial charge is 0.695 e. The number of anilines is 1. The molecule has 1 unspecified atom stereocenters. The first-order chi connectivity index (χ1) is 15.5. The molecule has 0 heterocycles. The van der Waals surface area contributed by atoms with Crippen LogP contribution in [0, 0.1) is 0 Å². The lowest BCUT2D eigenvalue weighted by molar-refractivity contribution is 0.266. The number of ether oxygens (including phenoxy) is 2. The number of benzene rings is 2. The molecular formula is C25H35NO5P+. The Morgan fingerprint density at radius 2 is 1.56 bits per heavy atom. The van der Waals surface area contributed by atoms with Crippen LogP contribution < -0.4 is 14.4 Å². The van der Waals surface area contributed by atoms with Gasteiger partial charge in [0.15, 0.2) is 0 Å². The average molecular weight is 461 g/mol. The third-order valence-corrected chi connectivity index (χ3v) is 5.59. The fourth-order valence-electron chi connectivity index (χ4n) is 3.40. The molecule has 2 aromatic carbocycles. The van der Waals surface area contributed by atoms with Gasteiger partial charge in [-0.15, -0.1) is 9.42 Å². The monoisotopic (exact) mass is 460 g/mol. The van der Waals surface area contributed by atoms with Gasteiger partial charge in [-0.2, -0.15) is 0 Å². The van der Waals surface area contributed by atoms with Gasteiger partial charge in [-0.25, -0.2) is 0 Å². The van der Waals surface area contributed by atoms with E-state index in [4.69, 9.17) is 18.9 Å². The molecule has 0 fully saturated rings. The molecule has 2 aromatic rings. The lowest BCUT2D eigenvalue weighted by Gasteiger charge is -2.24. The maximum absolute atomic E-state index is 10.9. The lowest BCUT2D eigenvalue weighted by atomic mass is 10.1. The summed E-state index contributed by atoms with van der Waals surface area (Å²) in [6, 6.07) is 12.2. The summed E-state index contributed by atoms with van der Waals surface area (Å²) in [6.07, 6.45) is 8.78. The second-order valence-corrected chi connectivity index (χ2v) is 8.27. The average Bonchev–Trinajstić information content (AvgIpc) is 2.81. The Hall–Kier alpha value is -2.40. The summed E-state index contributed by atoms with van der Waals surface area (Å²) >= 11 is 0. The van der Waals surface area contributed by atoms with Crippen molar-refractivity contribution in [2.24, 2.45) is 0 Å². The summed E-state index contributed by atoms with van der Waals surface area (Å²) < 4.78 is 26.6. The molecule has 6 nitrogen and oxygen atoms in total. The van der Waals surface area contributed by atoms with E-state index in [1.54, 1.807) is 20.3 Å². The fourth-order valence-corrected chi connectivity index (χ4v) is 3.65. The Morgan fingerprint density at radius 3 is 2.09 bits per heavy atom. The van der Waals surface area contributed by atoms with Crippen LogP contribution in [0.15, 0.2) is 36.4 Å². The summed E-state index contributed by atoms with van der Waals surface area (Å²) in [5.41, 5.74) is 3.83. The van der Waals surface area contributed by atoms with Crippen LogP contribution in [0.1, 0.15) is 56.2 Å². The number of methoxy groups -OCH3 is 2. The summed E-state index contributed by atoms with van der Waals surface area (Å²) in [5.74, 6) is 1.20. The normalized spacial score (nSPS) is 11.6. The highest BCUT2D eigenvalue weighted by Gasteiger charge is 2.17. The van der Waals surface area contributed by atoms with Gasteiger partial charge in [-0.1, -0.05) is 51.0 Å². The topological polar surface area (TPSA) is 68.2 Å². The van der Waals surface area contributed by atoms with Gasteiger partial charge in [0, 0.05) is 34.5 Å². The Kier molecular flexibility index (Phi) is 11.2. The molecule has 1 N–H and O–H groups in total. The van der Waals surface area contributed by atoms with Gasteiger partial charge in [0.25, 0.3) is 0 Å². The third kappa shape index (κ3) is 7.94. The molecular weight excluding hydrogens is 425 g/mol. The van der Waals surface area contributed by atoms with Crippen LogP contribution in [0.3, 0.4) is 0 Å². The minimum absolute atomic E-state index is 0.0384. The maximum atomic E-state index is 10.9. The predicted octanol–water partition coefficient (Wildman–Crippen LogP) is 6.45. The lowest BCUT2D eigenvalue weighted by Crippen LogP contribution is -2.25. The van der Waals surface area contributed by atoms with Crippen LogP contribution in [-0.4, -0.2) is 32.2 Å². The van der Waals surface area contributed by atoms with E-state index in [2.05, 4.69) is 43.0 Å². The molecule has 0 bridgehead atoms. The summed E-state index contributed by atoms with van der Waals surface area (Å²) in [5, 5.41) is 0. The maximum Gasteiger partial charge on any atom is 0.695 e. The van der Waals surface area contributed by atoms with E-state index < -0.39 is 8.25 Å². The van der Waals surface area contributed by atoms with Crippen molar-refractivity contribution in [2.45, 2.75) is 46.1 Å².